The standard InChI is InChI=1S/C14H25N3S/c1-11-16-14(10-18-11)9-17(2)8-13-5-3-12(7-15)4-6-13/h10,12-13H,3-9,15H2,1-2H3. The number of aromatic nitrogens is 1. The summed E-state index contributed by atoms with van der Waals surface area (Å²) in [7, 11) is 2.21. The fourth-order valence-corrected chi connectivity index (χ4v) is 3.52. The topological polar surface area (TPSA) is 42.2 Å². The zero-order chi connectivity index (χ0) is 13.0. The first-order valence-electron chi connectivity index (χ1n) is 6.97. The van der Waals surface area contributed by atoms with E-state index in [4.69, 9.17) is 5.73 Å². The van der Waals surface area contributed by atoms with Crippen molar-refractivity contribution in [2.45, 2.75) is 39.2 Å². The van der Waals surface area contributed by atoms with E-state index in [0.717, 1.165) is 24.9 Å². The summed E-state index contributed by atoms with van der Waals surface area (Å²) in [5, 5.41) is 3.35. The van der Waals surface area contributed by atoms with Crippen molar-refractivity contribution in [1.82, 2.24) is 9.88 Å². The molecule has 3 nitrogen and oxygen atoms in total. The Morgan fingerprint density at radius 1 is 1.33 bits per heavy atom. The molecule has 0 aliphatic heterocycles. The van der Waals surface area contributed by atoms with Gasteiger partial charge < -0.3 is 10.6 Å². The summed E-state index contributed by atoms with van der Waals surface area (Å²) < 4.78 is 0. The maximum Gasteiger partial charge on any atom is 0.0897 e. The summed E-state index contributed by atoms with van der Waals surface area (Å²) in [5.41, 5.74) is 6.96. The summed E-state index contributed by atoms with van der Waals surface area (Å²) in [6, 6.07) is 0. The van der Waals surface area contributed by atoms with E-state index >= 15 is 0 Å². The van der Waals surface area contributed by atoms with Gasteiger partial charge in [0, 0.05) is 18.5 Å². The Morgan fingerprint density at radius 3 is 2.56 bits per heavy atom. The van der Waals surface area contributed by atoms with E-state index < -0.39 is 0 Å². The van der Waals surface area contributed by atoms with Crippen LogP contribution in [0.3, 0.4) is 0 Å². The van der Waals surface area contributed by atoms with Crippen molar-refractivity contribution in [2.75, 3.05) is 20.1 Å². The number of hydrogen-bond donors (Lipinski definition) is 1. The molecule has 0 unspecified atom stereocenters. The minimum Gasteiger partial charge on any atom is -0.330 e. The molecule has 0 aromatic carbocycles. The number of aryl methyl sites for hydroxylation is 1. The van der Waals surface area contributed by atoms with Crippen molar-refractivity contribution in [2.24, 2.45) is 17.6 Å². The Bertz CT molecular complexity index is 356. The Labute approximate surface area is 114 Å². The van der Waals surface area contributed by atoms with Crippen molar-refractivity contribution in [1.29, 1.82) is 0 Å². The number of hydrogen-bond acceptors (Lipinski definition) is 4. The quantitative estimate of drug-likeness (QED) is 0.892. The van der Waals surface area contributed by atoms with E-state index in [1.54, 1.807) is 11.3 Å². The first kappa shape index (κ1) is 14.0. The van der Waals surface area contributed by atoms with E-state index in [2.05, 4.69) is 29.2 Å². The summed E-state index contributed by atoms with van der Waals surface area (Å²) in [6.07, 6.45) is 5.35. The van der Waals surface area contributed by atoms with Crippen molar-refractivity contribution in [3.63, 3.8) is 0 Å². The molecule has 1 aromatic heterocycles. The molecule has 1 saturated carbocycles. The maximum atomic E-state index is 5.74. The van der Waals surface area contributed by atoms with Crippen LogP contribution >= 0.6 is 11.3 Å². The molecule has 0 bridgehead atoms. The lowest BCUT2D eigenvalue weighted by molar-refractivity contribution is 0.200. The lowest BCUT2D eigenvalue weighted by atomic mass is 9.82. The number of thiazole rings is 1. The van der Waals surface area contributed by atoms with E-state index in [0.29, 0.717) is 0 Å². The van der Waals surface area contributed by atoms with E-state index in [1.807, 2.05) is 0 Å². The van der Waals surface area contributed by atoms with Crippen molar-refractivity contribution >= 4 is 11.3 Å². The summed E-state index contributed by atoms with van der Waals surface area (Å²) in [4.78, 5) is 6.95. The SMILES string of the molecule is Cc1nc(CN(C)CC2CCC(CN)CC2)cs1. The van der Waals surface area contributed by atoms with Crippen LogP contribution in [0.25, 0.3) is 0 Å². The zero-order valence-corrected chi connectivity index (χ0v) is 12.4. The monoisotopic (exact) mass is 267 g/mol. The molecular formula is C14H25N3S. The number of nitrogens with zero attached hydrogens (tertiary/aromatic N) is 2. The molecule has 0 atom stereocenters. The minimum atomic E-state index is 0.785. The predicted molar refractivity (Wildman–Crippen MR) is 77.7 cm³/mol. The predicted octanol–water partition coefficient (Wildman–Crippen LogP) is 2.65. The van der Waals surface area contributed by atoms with Gasteiger partial charge >= 0.3 is 0 Å². The van der Waals surface area contributed by atoms with Crippen molar-refractivity contribution < 1.29 is 0 Å². The Hall–Kier alpha value is -0.450. The van der Waals surface area contributed by atoms with Crippen molar-refractivity contribution in [3.8, 4) is 0 Å². The highest BCUT2D eigenvalue weighted by atomic mass is 32.1. The van der Waals surface area contributed by atoms with Gasteiger partial charge in [-0.25, -0.2) is 4.98 Å². The van der Waals surface area contributed by atoms with Crippen LogP contribution in [0.2, 0.25) is 0 Å². The lowest BCUT2D eigenvalue weighted by Crippen LogP contribution is -2.30. The molecule has 2 N–H and O–H groups in total. The van der Waals surface area contributed by atoms with E-state index in [9.17, 15) is 0 Å². The third-order valence-corrected chi connectivity index (χ3v) is 4.79. The van der Waals surface area contributed by atoms with Crippen LogP contribution in [0, 0.1) is 18.8 Å². The van der Waals surface area contributed by atoms with E-state index in [1.165, 1.54) is 42.9 Å². The van der Waals surface area contributed by atoms with Gasteiger partial charge in [-0.05, 0) is 58.0 Å². The molecule has 0 amide bonds. The second-order valence-corrected chi connectivity index (χ2v) is 6.74. The molecule has 1 fully saturated rings. The largest absolute Gasteiger partial charge is 0.330 e. The van der Waals surface area contributed by atoms with Gasteiger partial charge in [-0.1, -0.05) is 0 Å². The molecule has 0 saturated heterocycles. The van der Waals surface area contributed by atoms with Crippen molar-refractivity contribution in [3.05, 3.63) is 16.1 Å². The average molecular weight is 267 g/mol. The molecule has 1 aliphatic rings. The molecule has 0 radical (unpaired) electrons. The summed E-state index contributed by atoms with van der Waals surface area (Å²) in [6.45, 7) is 5.14. The van der Waals surface area contributed by atoms with Crippen LogP contribution in [-0.4, -0.2) is 30.0 Å². The average Bonchev–Trinajstić information content (AvgIpc) is 2.75. The van der Waals surface area contributed by atoms with Crippen LogP contribution in [0.4, 0.5) is 0 Å². The Morgan fingerprint density at radius 2 is 2.00 bits per heavy atom. The summed E-state index contributed by atoms with van der Waals surface area (Å²) >= 11 is 1.74. The molecule has 2 rings (SSSR count). The highest BCUT2D eigenvalue weighted by Crippen LogP contribution is 2.28. The van der Waals surface area contributed by atoms with Gasteiger partial charge in [-0.3, -0.25) is 0 Å². The van der Waals surface area contributed by atoms with Crippen LogP contribution < -0.4 is 5.73 Å². The van der Waals surface area contributed by atoms with Gasteiger partial charge in [0.1, 0.15) is 0 Å². The van der Waals surface area contributed by atoms with Crippen LogP contribution in [0.15, 0.2) is 5.38 Å². The maximum absolute atomic E-state index is 5.74. The molecular weight excluding hydrogens is 242 g/mol. The van der Waals surface area contributed by atoms with Gasteiger partial charge in [0.15, 0.2) is 0 Å². The van der Waals surface area contributed by atoms with Gasteiger partial charge in [0.2, 0.25) is 0 Å². The molecule has 4 heteroatoms. The number of rotatable bonds is 5. The first-order valence-corrected chi connectivity index (χ1v) is 7.85. The molecule has 0 spiro atoms. The van der Waals surface area contributed by atoms with Gasteiger partial charge in [-0.2, -0.15) is 0 Å². The minimum absolute atomic E-state index is 0.785. The highest BCUT2D eigenvalue weighted by molar-refractivity contribution is 7.09. The lowest BCUT2D eigenvalue weighted by Gasteiger charge is -2.30. The van der Waals surface area contributed by atoms with E-state index in [-0.39, 0.29) is 0 Å². The summed E-state index contributed by atoms with van der Waals surface area (Å²) in [5.74, 6) is 1.64. The molecule has 1 heterocycles. The fraction of sp³-hybridized carbons (Fsp3) is 0.786. The smallest absolute Gasteiger partial charge is 0.0897 e. The Kier molecular flexibility index (Phi) is 5.15. The normalized spacial score (nSPS) is 24.7. The number of nitrogens with two attached hydrogens (primary N) is 1. The Balaban J connectivity index is 1.73. The second-order valence-electron chi connectivity index (χ2n) is 5.68. The zero-order valence-electron chi connectivity index (χ0n) is 11.6. The molecule has 102 valence electrons. The van der Waals surface area contributed by atoms with Crippen LogP contribution in [0.5, 0.6) is 0 Å². The second kappa shape index (κ2) is 6.64. The molecule has 18 heavy (non-hydrogen) atoms. The van der Waals surface area contributed by atoms with Crippen LogP contribution in [-0.2, 0) is 6.54 Å². The van der Waals surface area contributed by atoms with Crippen LogP contribution in [0.1, 0.15) is 36.4 Å². The highest BCUT2D eigenvalue weighted by Gasteiger charge is 2.21. The van der Waals surface area contributed by atoms with Gasteiger partial charge in [-0.15, -0.1) is 11.3 Å². The molecule has 1 aliphatic carbocycles. The first-order chi connectivity index (χ1) is 8.67. The molecule has 1 aromatic rings. The third-order valence-electron chi connectivity index (χ3n) is 3.97. The third kappa shape index (κ3) is 4.04. The fourth-order valence-electron chi connectivity index (χ4n) is 2.91. The van der Waals surface area contributed by atoms with Gasteiger partial charge in [0.05, 0.1) is 10.7 Å². The van der Waals surface area contributed by atoms with Gasteiger partial charge in [0.25, 0.3) is 0 Å².